The fraction of sp³-hybridized carbons (Fsp3) is 0.321. The van der Waals surface area contributed by atoms with E-state index in [1.54, 1.807) is 20.1 Å². The van der Waals surface area contributed by atoms with Gasteiger partial charge in [-0.2, -0.15) is 5.01 Å². The molecule has 0 unspecified atom stereocenters. The Morgan fingerprint density at radius 1 is 1.11 bits per heavy atom. The number of nitrogens with zero attached hydrogens (tertiary/aromatic N) is 3. The summed E-state index contributed by atoms with van der Waals surface area (Å²) in [6.07, 6.45) is 1.64. The van der Waals surface area contributed by atoms with Gasteiger partial charge in [-0.05, 0) is 69.2 Å². The van der Waals surface area contributed by atoms with Crippen LogP contribution in [0.1, 0.15) is 36.3 Å². The predicted molar refractivity (Wildman–Crippen MR) is 144 cm³/mol. The number of aryl methyl sites for hydroxylation is 2. The number of carbonyl (C=O) groups is 2. The molecule has 194 valence electrons. The summed E-state index contributed by atoms with van der Waals surface area (Å²) in [4.78, 5) is 27.1. The number of thioether (sulfide) groups is 1. The maximum atomic E-state index is 12.6. The summed E-state index contributed by atoms with van der Waals surface area (Å²) in [6, 6.07) is 17.5. The Balaban J connectivity index is 1.52. The summed E-state index contributed by atoms with van der Waals surface area (Å²) < 4.78 is 10.4. The van der Waals surface area contributed by atoms with Crippen LogP contribution in [0.5, 0.6) is 0 Å². The molecule has 1 aliphatic rings. The van der Waals surface area contributed by atoms with Crippen LogP contribution in [0.25, 0.3) is 0 Å². The number of ether oxygens (including phenoxy) is 1. The molecule has 37 heavy (non-hydrogen) atoms. The topological polar surface area (TPSA) is 95.6 Å². The van der Waals surface area contributed by atoms with Crippen LogP contribution in [0.3, 0.4) is 0 Å². The van der Waals surface area contributed by atoms with Crippen molar-refractivity contribution >= 4 is 35.2 Å². The van der Waals surface area contributed by atoms with Crippen LogP contribution in [0.2, 0.25) is 0 Å². The minimum atomic E-state index is -0.914. The summed E-state index contributed by atoms with van der Waals surface area (Å²) >= 11 is 1.31. The molecule has 3 aromatic rings. The van der Waals surface area contributed by atoms with Crippen LogP contribution in [0, 0.1) is 13.8 Å². The van der Waals surface area contributed by atoms with E-state index in [0.717, 1.165) is 33.0 Å². The van der Waals surface area contributed by atoms with Gasteiger partial charge in [-0.3, -0.25) is 14.5 Å². The van der Waals surface area contributed by atoms with Gasteiger partial charge in [0.15, 0.2) is 6.61 Å². The lowest BCUT2D eigenvalue weighted by atomic mass is 10.1. The van der Waals surface area contributed by atoms with E-state index >= 15 is 0 Å². The molecule has 0 saturated carbocycles. The number of hydrogen-bond donors (Lipinski definition) is 1. The number of amides is 1. The molecular weight excluding hydrogens is 490 g/mol. The molecule has 1 aliphatic heterocycles. The lowest BCUT2D eigenvalue weighted by Crippen LogP contribution is -2.41. The molecule has 0 radical (unpaired) electrons. The average Bonchev–Trinajstić information content (AvgIpc) is 3.35. The first-order chi connectivity index (χ1) is 17.6. The van der Waals surface area contributed by atoms with Crippen molar-refractivity contribution in [2.24, 2.45) is 5.10 Å². The zero-order valence-corrected chi connectivity index (χ0v) is 22.2. The summed E-state index contributed by atoms with van der Waals surface area (Å²) in [5.41, 5.74) is 3.87. The Labute approximate surface area is 220 Å². The van der Waals surface area contributed by atoms with Gasteiger partial charge in [0.05, 0.1) is 25.0 Å². The van der Waals surface area contributed by atoms with Gasteiger partial charge in [0.2, 0.25) is 5.90 Å². The van der Waals surface area contributed by atoms with Crippen molar-refractivity contribution in [2.45, 2.75) is 50.4 Å². The predicted octanol–water partition coefficient (Wildman–Crippen LogP) is 5.23. The molecular formula is C28H31N3O5S. The number of benzene rings is 2. The molecule has 0 saturated heterocycles. The number of aliphatic carboxylic acids is 1. The highest BCUT2D eigenvalue weighted by Gasteiger charge is 2.29. The van der Waals surface area contributed by atoms with Gasteiger partial charge in [0.1, 0.15) is 10.5 Å². The highest BCUT2D eigenvalue weighted by Crippen LogP contribution is 2.33. The van der Waals surface area contributed by atoms with Crippen LogP contribution in [-0.4, -0.2) is 45.7 Å². The first kappa shape index (κ1) is 26.5. The SMILES string of the molecule is Cc1ccc(N2N=C(CN(Cc3ccc(SC(C)(C)C(=O)O)cc3)Cc3ccco3)OCC2=O)c(C)c1. The highest BCUT2D eigenvalue weighted by atomic mass is 32.2. The number of anilines is 1. The van der Waals surface area contributed by atoms with Gasteiger partial charge in [-0.1, -0.05) is 29.8 Å². The molecule has 1 N–H and O–H groups in total. The van der Waals surface area contributed by atoms with Crippen LogP contribution in [0.4, 0.5) is 5.69 Å². The monoisotopic (exact) mass is 521 g/mol. The minimum absolute atomic E-state index is 0.0774. The summed E-state index contributed by atoms with van der Waals surface area (Å²) in [5.74, 6) is 0.175. The average molecular weight is 522 g/mol. The second kappa shape index (κ2) is 11.2. The van der Waals surface area contributed by atoms with E-state index in [0.29, 0.717) is 25.5 Å². The number of hydrogen-bond acceptors (Lipinski definition) is 7. The number of carboxylic acids is 1. The van der Waals surface area contributed by atoms with Gasteiger partial charge < -0.3 is 14.3 Å². The Morgan fingerprint density at radius 2 is 1.86 bits per heavy atom. The van der Waals surface area contributed by atoms with E-state index < -0.39 is 10.7 Å². The van der Waals surface area contributed by atoms with Crippen LogP contribution < -0.4 is 5.01 Å². The fourth-order valence-electron chi connectivity index (χ4n) is 3.95. The Kier molecular flexibility index (Phi) is 8.04. The number of hydrazone groups is 1. The molecule has 2 aromatic carbocycles. The van der Waals surface area contributed by atoms with E-state index in [9.17, 15) is 14.7 Å². The molecule has 4 rings (SSSR count). The van der Waals surface area contributed by atoms with Gasteiger partial charge >= 0.3 is 5.97 Å². The van der Waals surface area contributed by atoms with Crippen molar-refractivity contribution in [3.63, 3.8) is 0 Å². The molecule has 9 heteroatoms. The van der Waals surface area contributed by atoms with Crippen molar-refractivity contribution in [3.05, 3.63) is 83.3 Å². The quantitative estimate of drug-likeness (QED) is 0.365. The molecule has 0 bridgehead atoms. The number of carbonyl (C=O) groups excluding carboxylic acids is 1. The van der Waals surface area contributed by atoms with E-state index in [2.05, 4.69) is 10.0 Å². The Bertz CT molecular complexity index is 1290. The first-order valence-corrected chi connectivity index (χ1v) is 12.8. The molecule has 1 aromatic heterocycles. The van der Waals surface area contributed by atoms with Gasteiger partial charge in [0.25, 0.3) is 5.91 Å². The third-order valence-electron chi connectivity index (χ3n) is 5.93. The summed E-state index contributed by atoms with van der Waals surface area (Å²) in [6.45, 7) is 8.75. The first-order valence-electron chi connectivity index (χ1n) is 12.0. The zero-order chi connectivity index (χ0) is 26.6. The normalized spacial score (nSPS) is 14.0. The van der Waals surface area contributed by atoms with E-state index in [-0.39, 0.29) is 12.5 Å². The lowest BCUT2D eigenvalue weighted by molar-refractivity contribution is -0.138. The van der Waals surface area contributed by atoms with E-state index in [1.807, 2.05) is 68.4 Å². The van der Waals surface area contributed by atoms with Gasteiger partial charge in [-0.15, -0.1) is 16.9 Å². The maximum Gasteiger partial charge on any atom is 0.319 e. The minimum Gasteiger partial charge on any atom is -0.480 e. The van der Waals surface area contributed by atoms with Crippen LogP contribution in [0.15, 0.2) is 75.3 Å². The van der Waals surface area contributed by atoms with Crippen molar-refractivity contribution in [1.82, 2.24) is 4.90 Å². The largest absolute Gasteiger partial charge is 0.480 e. The van der Waals surface area contributed by atoms with Crippen molar-refractivity contribution in [3.8, 4) is 0 Å². The van der Waals surface area contributed by atoms with Crippen molar-refractivity contribution in [1.29, 1.82) is 0 Å². The third kappa shape index (κ3) is 6.81. The molecule has 0 spiro atoms. The highest BCUT2D eigenvalue weighted by molar-refractivity contribution is 8.01. The molecule has 2 heterocycles. The van der Waals surface area contributed by atoms with Crippen LogP contribution in [-0.2, 0) is 27.4 Å². The fourth-order valence-corrected chi connectivity index (χ4v) is 4.90. The second-order valence-electron chi connectivity index (χ2n) is 9.56. The van der Waals surface area contributed by atoms with E-state index in [1.165, 1.54) is 16.8 Å². The smallest absolute Gasteiger partial charge is 0.319 e. The zero-order valence-electron chi connectivity index (χ0n) is 21.4. The van der Waals surface area contributed by atoms with Gasteiger partial charge in [0, 0.05) is 11.4 Å². The number of carboxylic acid groups (broad SMARTS) is 1. The Morgan fingerprint density at radius 3 is 2.51 bits per heavy atom. The van der Waals surface area contributed by atoms with Crippen molar-refractivity contribution < 1.29 is 23.8 Å². The molecule has 0 atom stereocenters. The van der Waals surface area contributed by atoms with Crippen LogP contribution >= 0.6 is 11.8 Å². The van der Waals surface area contributed by atoms with Gasteiger partial charge in [-0.25, -0.2) is 0 Å². The molecule has 1 amide bonds. The third-order valence-corrected chi connectivity index (χ3v) is 7.12. The standard InChI is InChI=1S/C28H31N3O5S/c1-19-7-12-24(20(2)14-19)31-26(32)18-36-25(29-31)17-30(16-22-6-5-13-35-22)15-21-8-10-23(11-9-21)37-28(3,4)27(33)34/h5-14H,15-18H2,1-4H3,(H,33,34). The molecule has 8 nitrogen and oxygen atoms in total. The maximum absolute atomic E-state index is 12.6. The second-order valence-corrected chi connectivity index (χ2v) is 11.3. The lowest BCUT2D eigenvalue weighted by Gasteiger charge is -2.28. The van der Waals surface area contributed by atoms with E-state index in [4.69, 9.17) is 9.15 Å². The number of rotatable bonds is 10. The number of furan rings is 1. The summed E-state index contributed by atoms with van der Waals surface area (Å²) in [7, 11) is 0. The molecule has 0 aliphatic carbocycles. The molecule has 0 fully saturated rings. The Hall–Kier alpha value is -3.56. The summed E-state index contributed by atoms with van der Waals surface area (Å²) in [5, 5.41) is 15.4. The van der Waals surface area contributed by atoms with Crippen molar-refractivity contribution in [2.75, 3.05) is 18.2 Å².